The third-order valence-electron chi connectivity index (χ3n) is 3.82. The summed E-state index contributed by atoms with van der Waals surface area (Å²) in [5.41, 5.74) is 3.26. The van der Waals surface area contributed by atoms with E-state index in [1.165, 1.54) is 17.6 Å². The lowest BCUT2D eigenvalue weighted by atomic mass is 10.2. The molecular formula is C22H19N3O5S. The molecule has 0 saturated heterocycles. The quantitative estimate of drug-likeness (QED) is 0.194. The van der Waals surface area contributed by atoms with E-state index in [0.717, 1.165) is 0 Å². The minimum absolute atomic E-state index is 0.384. The van der Waals surface area contributed by atoms with E-state index in [-0.39, 0.29) is 0 Å². The molecule has 3 aromatic rings. The molecular weight excluding hydrogens is 418 g/mol. The molecule has 0 spiro atoms. The lowest BCUT2D eigenvalue weighted by Gasteiger charge is -2.06. The molecule has 3 rings (SSSR count). The predicted octanol–water partition coefficient (Wildman–Crippen LogP) is 3.45. The number of ether oxygens (including phenoxy) is 2. The zero-order chi connectivity index (χ0) is 22.1. The van der Waals surface area contributed by atoms with Gasteiger partial charge in [0.2, 0.25) is 0 Å². The summed E-state index contributed by atoms with van der Waals surface area (Å²) in [5.74, 6) is -1.14. The number of amides is 2. The molecule has 0 radical (unpaired) electrons. The normalized spacial score (nSPS) is 10.5. The number of hydrazone groups is 1. The molecule has 2 N–H and O–H groups in total. The molecule has 8 nitrogen and oxygen atoms in total. The van der Waals surface area contributed by atoms with Crippen LogP contribution < -0.4 is 20.2 Å². The van der Waals surface area contributed by atoms with Gasteiger partial charge in [-0.3, -0.25) is 9.59 Å². The molecule has 158 valence electrons. The summed E-state index contributed by atoms with van der Waals surface area (Å²) in [7, 11) is 0. The van der Waals surface area contributed by atoms with Gasteiger partial charge in [0.25, 0.3) is 0 Å². The van der Waals surface area contributed by atoms with E-state index in [9.17, 15) is 14.4 Å². The van der Waals surface area contributed by atoms with Gasteiger partial charge in [-0.15, -0.1) is 11.3 Å². The second kappa shape index (κ2) is 10.7. The number of carbonyl (C=O) groups is 3. The van der Waals surface area contributed by atoms with Crippen LogP contribution in [0.4, 0.5) is 5.69 Å². The van der Waals surface area contributed by atoms with Gasteiger partial charge in [-0.05, 0) is 72.5 Å². The second-order valence-electron chi connectivity index (χ2n) is 6.05. The first kappa shape index (κ1) is 21.7. The monoisotopic (exact) mass is 437 g/mol. The van der Waals surface area contributed by atoms with Gasteiger partial charge >= 0.3 is 17.8 Å². The van der Waals surface area contributed by atoms with Gasteiger partial charge in [0.05, 0.1) is 12.8 Å². The maximum Gasteiger partial charge on any atom is 0.353 e. The average Bonchev–Trinajstić information content (AvgIpc) is 3.31. The molecule has 0 bridgehead atoms. The Morgan fingerprint density at radius 1 is 0.968 bits per heavy atom. The summed E-state index contributed by atoms with van der Waals surface area (Å²) in [6.07, 6.45) is 1.37. The summed E-state index contributed by atoms with van der Waals surface area (Å²) in [5, 5.41) is 8.03. The van der Waals surface area contributed by atoms with Crippen LogP contribution in [0.5, 0.6) is 11.5 Å². The molecule has 1 heterocycles. The van der Waals surface area contributed by atoms with E-state index in [1.807, 2.05) is 6.92 Å². The van der Waals surface area contributed by atoms with E-state index >= 15 is 0 Å². The Balaban J connectivity index is 1.47. The highest BCUT2D eigenvalue weighted by Crippen LogP contribution is 2.17. The Hall–Kier alpha value is -3.98. The third-order valence-corrected chi connectivity index (χ3v) is 4.67. The van der Waals surface area contributed by atoms with Gasteiger partial charge in [-0.25, -0.2) is 10.2 Å². The molecule has 0 aliphatic carbocycles. The topological polar surface area (TPSA) is 106 Å². The maximum atomic E-state index is 11.9. The fraction of sp³-hybridized carbons (Fsp3) is 0.0909. The van der Waals surface area contributed by atoms with E-state index in [2.05, 4.69) is 15.8 Å². The first-order valence-electron chi connectivity index (χ1n) is 9.28. The van der Waals surface area contributed by atoms with Gasteiger partial charge in [-0.1, -0.05) is 6.07 Å². The number of rotatable bonds is 7. The van der Waals surface area contributed by atoms with Gasteiger partial charge in [0.15, 0.2) is 0 Å². The van der Waals surface area contributed by atoms with Crippen LogP contribution in [-0.4, -0.2) is 30.6 Å². The summed E-state index contributed by atoms with van der Waals surface area (Å²) in [6, 6.07) is 16.6. The zero-order valence-corrected chi connectivity index (χ0v) is 17.3. The van der Waals surface area contributed by atoms with E-state index < -0.39 is 17.8 Å². The smallest absolute Gasteiger partial charge is 0.353 e. The number of benzene rings is 2. The number of carbonyl (C=O) groups excluding carboxylic acids is 3. The van der Waals surface area contributed by atoms with Crippen molar-refractivity contribution in [2.75, 3.05) is 11.9 Å². The van der Waals surface area contributed by atoms with Crippen LogP contribution in [-0.2, 0) is 9.59 Å². The molecule has 2 aromatic carbocycles. The number of hydrogen-bond acceptors (Lipinski definition) is 7. The van der Waals surface area contributed by atoms with E-state index in [1.54, 1.807) is 66.0 Å². The molecule has 0 unspecified atom stereocenters. The van der Waals surface area contributed by atoms with Crippen molar-refractivity contribution in [3.63, 3.8) is 0 Å². The molecule has 2 amide bonds. The largest absolute Gasteiger partial charge is 0.494 e. The maximum absolute atomic E-state index is 11.9. The van der Waals surface area contributed by atoms with Crippen LogP contribution in [0.15, 0.2) is 71.1 Å². The van der Waals surface area contributed by atoms with Crippen molar-refractivity contribution >= 4 is 41.0 Å². The molecule has 0 atom stereocenters. The fourth-order valence-electron chi connectivity index (χ4n) is 2.38. The lowest BCUT2D eigenvalue weighted by Crippen LogP contribution is -2.32. The number of thiophene rings is 1. The SMILES string of the molecule is CCOc1ccc(NC(=O)C(=O)NN=Cc2ccc(OC(=O)c3cccs3)cc2)cc1. The van der Waals surface area contributed by atoms with Gasteiger partial charge in [0, 0.05) is 5.69 Å². The summed E-state index contributed by atoms with van der Waals surface area (Å²) >= 11 is 1.30. The van der Waals surface area contributed by atoms with Gasteiger partial charge < -0.3 is 14.8 Å². The van der Waals surface area contributed by atoms with Crippen LogP contribution in [0, 0.1) is 0 Å². The number of anilines is 1. The minimum atomic E-state index is -0.911. The summed E-state index contributed by atoms with van der Waals surface area (Å²) in [4.78, 5) is 36.2. The molecule has 0 saturated carbocycles. The first-order valence-corrected chi connectivity index (χ1v) is 10.2. The molecule has 0 fully saturated rings. The van der Waals surface area contributed by atoms with Crippen molar-refractivity contribution in [2.45, 2.75) is 6.92 Å². The number of esters is 1. The Morgan fingerprint density at radius 2 is 1.68 bits per heavy atom. The van der Waals surface area contributed by atoms with Crippen LogP contribution in [0.3, 0.4) is 0 Å². The predicted molar refractivity (Wildman–Crippen MR) is 118 cm³/mol. The molecule has 1 aromatic heterocycles. The Kier molecular flexibility index (Phi) is 7.50. The summed E-state index contributed by atoms with van der Waals surface area (Å²) in [6.45, 7) is 2.41. The van der Waals surface area contributed by atoms with E-state index in [4.69, 9.17) is 9.47 Å². The number of nitrogens with one attached hydrogen (secondary N) is 2. The minimum Gasteiger partial charge on any atom is -0.494 e. The van der Waals surface area contributed by atoms with Crippen molar-refractivity contribution < 1.29 is 23.9 Å². The molecule has 9 heteroatoms. The van der Waals surface area contributed by atoms with Crippen LogP contribution in [0.1, 0.15) is 22.2 Å². The third kappa shape index (κ3) is 6.51. The number of hydrogen-bond donors (Lipinski definition) is 2. The van der Waals surface area contributed by atoms with Crippen molar-refractivity contribution in [1.82, 2.24) is 5.43 Å². The first-order chi connectivity index (χ1) is 15.0. The lowest BCUT2D eigenvalue weighted by molar-refractivity contribution is -0.136. The molecule has 0 aliphatic heterocycles. The highest BCUT2D eigenvalue weighted by molar-refractivity contribution is 7.12. The second-order valence-corrected chi connectivity index (χ2v) is 6.99. The standard InChI is InChI=1S/C22H19N3O5S/c1-2-29-17-11-7-16(8-12-17)24-20(26)21(27)25-23-14-15-5-9-18(10-6-15)30-22(28)19-4-3-13-31-19/h3-14H,2H2,1H3,(H,24,26)(H,25,27). The van der Waals surface area contributed by atoms with E-state index in [0.29, 0.717) is 34.2 Å². The average molecular weight is 437 g/mol. The summed E-state index contributed by atoms with van der Waals surface area (Å²) < 4.78 is 10.6. The molecule has 31 heavy (non-hydrogen) atoms. The van der Waals surface area contributed by atoms with Crippen molar-refractivity contribution in [2.24, 2.45) is 5.10 Å². The highest BCUT2D eigenvalue weighted by Gasteiger charge is 2.13. The van der Waals surface area contributed by atoms with Crippen LogP contribution in [0.2, 0.25) is 0 Å². The van der Waals surface area contributed by atoms with Crippen LogP contribution in [0.25, 0.3) is 0 Å². The number of nitrogens with zero attached hydrogens (tertiary/aromatic N) is 1. The zero-order valence-electron chi connectivity index (χ0n) is 16.5. The van der Waals surface area contributed by atoms with Gasteiger partial charge in [0.1, 0.15) is 16.4 Å². The Morgan fingerprint density at radius 3 is 2.32 bits per heavy atom. The fourth-order valence-corrected chi connectivity index (χ4v) is 2.98. The molecule has 0 aliphatic rings. The Labute approximate surface area is 182 Å². The van der Waals surface area contributed by atoms with Crippen molar-refractivity contribution in [3.05, 3.63) is 76.5 Å². The Bertz CT molecular complexity index is 1060. The van der Waals surface area contributed by atoms with Gasteiger partial charge in [-0.2, -0.15) is 5.10 Å². The highest BCUT2D eigenvalue weighted by atomic mass is 32.1. The van der Waals surface area contributed by atoms with Crippen LogP contribution >= 0.6 is 11.3 Å². The van der Waals surface area contributed by atoms with Crippen molar-refractivity contribution in [3.8, 4) is 11.5 Å². The van der Waals surface area contributed by atoms with Crippen molar-refractivity contribution in [1.29, 1.82) is 0 Å².